The molecular weight excluding hydrogens is 380 g/mol. The molecule has 0 aliphatic heterocycles. The maximum atomic E-state index is 12.6. The van der Waals surface area contributed by atoms with Crippen LogP contribution < -0.4 is 16.5 Å². The summed E-state index contributed by atoms with van der Waals surface area (Å²) in [7, 11) is 0. The van der Waals surface area contributed by atoms with Gasteiger partial charge in [0.25, 0.3) is 0 Å². The van der Waals surface area contributed by atoms with Crippen LogP contribution in [-0.2, 0) is 12.4 Å². The molecule has 2 aromatic rings. The number of aromatic nitrogens is 1. The maximum absolute atomic E-state index is 12.6. The number of hydrazone groups is 1. The fourth-order valence-electron chi connectivity index (χ4n) is 1.81. The smallest absolute Gasteiger partial charge is 0.380 e. The quantitative estimate of drug-likeness (QED) is 0.323. The molecule has 0 saturated heterocycles. The standard InChI is InChI=1S/C15H11F6N5O/c16-14(17,18)8-2-1-3-10(6-8)24-13(27)26-25-12(22)11-5-4-9(7-23-11)15(19,20)21/h1-7H,(H2,22,25)(H2,24,26,27). The van der Waals surface area contributed by atoms with Crippen LogP contribution in [-0.4, -0.2) is 16.9 Å². The summed E-state index contributed by atoms with van der Waals surface area (Å²) in [4.78, 5) is 15.1. The summed E-state index contributed by atoms with van der Waals surface area (Å²) in [6.07, 6.45) is -8.61. The Kier molecular flexibility index (Phi) is 5.57. The number of hydrogen-bond acceptors (Lipinski definition) is 3. The molecule has 144 valence electrons. The van der Waals surface area contributed by atoms with E-state index in [0.29, 0.717) is 12.3 Å². The Labute approximate surface area is 148 Å². The van der Waals surface area contributed by atoms with Crippen molar-refractivity contribution in [2.75, 3.05) is 5.32 Å². The molecule has 12 heteroatoms. The zero-order valence-corrected chi connectivity index (χ0v) is 13.2. The number of hydrogen-bond donors (Lipinski definition) is 3. The Morgan fingerprint density at radius 2 is 1.67 bits per heavy atom. The first-order chi connectivity index (χ1) is 12.5. The van der Waals surface area contributed by atoms with Crippen LogP contribution in [0.4, 0.5) is 36.8 Å². The van der Waals surface area contributed by atoms with Crippen molar-refractivity contribution in [1.29, 1.82) is 0 Å². The number of amidine groups is 1. The van der Waals surface area contributed by atoms with Crippen molar-refractivity contribution in [3.63, 3.8) is 0 Å². The number of rotatable bonds is 3. The molecule has 0 aliphatic rings. The summed E-state index contributed by atoms with van der Waals surface area (Å²) in [5.74, 6) is -0.400. The molecule has 0 unspecified atom stereocenters. The fraction of sp³-hybridized carbons (Fsp3) is 0.133. The lowest BCUT2D eigenvalue weighted by atomic mass is 10.2. The van der Waals surface area contributed by atoms with Gasteiger partial charge in [-0.3, -0.25) is 4.98 Å². The number of benzene rings is 1. The first-order valence-corrected chi connectivity index (χ1v) is 7.08. The van der Waals surface area contributed by atoms with Crippen LogP contribution >= 0.6 is 0 Å². The van der Waals surface area contributed by atoms with Gasteiger partial charge in [0.15, 0.2) is 5.84 Å². The lowest BCUT2D eigenvalue weighted by Gasteiger charge is -2.09. The summed E-state index contributed by atoms with van der Waals surface area (Å²) in [5, 5.41) is 5.53. The summed E-state index contributed by atoms with van der Waals surface area (Å²) in [6, 6.07) is 4.53. The minimum Gasteiger partial charge on any atom is -0.380 e. The van der Waals surface area contributed by atoms with Gasteiger partial charge in [-0.25, -0.2) is 10.2 Å². The summed E-state index contributed by atoms with van der Waals surface area (Å²) in [6.45, 7) is 0. The van der Waals surface area contributed by atoms with Gasteiger partial charge in [-0.1, -0.05) is 6.07 Å². The van der Waals surface area contributed by atoms with Gasteiger partial charge in [0.2, 0.25) is 0 Å². The Morgan fingerprint density at radius 3 is 2.22 bits per heavy atom. The highest BCUT2D eigenvalue weighted by atomic mass is 19.4. The third kappa shape index (κ3) is 5.59. The van der Waals surface area contributed by atoms with E-state index in [-0.39, 0.29) is 11.4 Å². The number of carbonyl (C=O) groups excluding carboxylic acids is 1. The van der Waals surface area contributed by atoms with Gasteiger partial charge in [-0.15, -0.1) is 0 Å². The molecule has 4 N–H and O–H groups in total. The Hall–Kier alpha value is -3.31. The van der Waals surface area contributed by atoms with E-state index in [1.54, 1.807) is 0 Å². The van der Waals surface area contributed by atoms with Gasteiger partial charge in [-0.05, 0) is 30.3 Å². The van der Waals surface area contributed by atoms with E-state index in [2.05, 4.69) is 15.4 Å². The minimum absolute atomic E-state index is 0.137. The monoisotopic (exact) mass is 391 g/mol. The number of nitrogens with two attached hydrogens (primary N) is 1. The van der Waals surface area contributed by atoms with E-state index in [1.807, 2.05) is 5.43 Å². The Morgan fingerprint density at radius 1 is 1.00 bits per heavy atom. The number of alkyl halides is 6. The van der Waals surface area contributed by atoms with Crippen molar-refractivity contribution < 1.29 is 31.1 Å². The van der Waals surface area contributed by atoms with Crippen LogP contribution in [0.1, 0.15) is 16.8 Å². The largest absolute Gasteiger partial charge is 0.417 e. The Balaban J connectivity index is 2.02. The second kappa shape index (κ2) is 7.51. The zero-order valence-electron chi connectivity index (χ0n) is 13.2. The molecule has 1 aromatic heterocycles. The predicted octanol–water partition coefficient (Wildman–Crippen LogP) is 3.56. The molecule has 0 spiro atoms. The Bertz CT molecular complexity index is 845. The van der Waals surface area contributed by atoms with Crippen molar-refractivity contribution in [2.45, 2.75) is 12.4 Å². The number of urea groups is 1. The molecule has 1 heterocycles. The van der Waals surface area contributed by atoms with E-state index in [0.717, 1.165) is 24.3 Å². The molecule has 0 bridgehead atoms. The lowest BCUT2D eigenvalue weighted by molar-refractivity contribution is -0.138. The maximum Gasteiger partial charge on any atom is 0.417 e. The molecule has 2 rings (SSSR count). The average molecular weight is 391 g/mol. The molecule has 0 radical (unpaired) electrons. The second-order valence-corrected chi connectivity index (χ2v) is 5.07. The van der Waals surface area contributed by atoms with E-state index in [9.17, 15) is 31.1 Å². The van der Waals surface area contributed by atoms with Gasteiger partial charge < -0.3 is 11.1 Å². The SMILES string of the molecule is N/C(=N\NC(=O)Nc1cccc(C(F)(F)F)c1)c1ccc(C(F)(F)F)cn1. The number of amides is 2. The van der Waals surface area contributed by atoms with Gasteiger partial charge in [0, 0.05) is 11.9 Å². The van der Waals surface area contributed by atoms with Crippen LogP contribution in [0.25, 0.3) is 0 Å². The molecule has 27 heavy (non-hydrogen) atoms. The van der Waals surface area contributed by atoms with Crippen molar-refractivity contribution in [1.82, 2.24) is 10.4 Å². The molecule has 2 amide bonds. The highest BCUT2D eigenvalue weighted by Gasteiger charge is 2.31. The number of carbonyl (C=O) groups is 1. The van der Waals surface area contributed by atoms with Crippen molar-refractivity contribution >= 4 is 17.6 Å². The first-order valence-electron chi connectivity index (χ1n) is 7.08. The second-order valence-electron chi connectivity index (χ2n) is 5.07. The summed E-state index contributed by atoms with van der Waals surface area (Å²) >= 11 is 0. The molecule has 0 fully saturated rings. The molecule has 6 nitrogen and oxygen atoms in total. The lowest BCUT2D eigenvalue weighted by Crippen LogP contribution is -2.28. The van der Waals surface area contributed by atoms with Gasteiger partial charge >= 0.3 is 18.4 Å². The number of nitrogens with zero attached hydrogens (tertiary/aromatic N) is 2. The van der Waals surface area contributed by atoms with E-state index in [4.69, 9.17) is 5.73 Å². The fourth-order valence-corrected chi connectivity index (χ4v) is 1.81. The normalized spacial score (nSPS) is 12.6. The van der Waals surface area contributed by atoms with E-state index < -0.39 is 35.3 Å². The minimum atomic E-state index is -4.58. The molecule has 0 saturated carbocycles. The third-order valence-electron chi connectivity index (χ3n) is 3.08. The first kappa shape index (κ1) is 20.0. The van der Waals surface area contributed by atoms with Crippen LogP contribution in [0.3, 0.4) is 0 Å². The number of halogens is 6. The van der Waals surface area contributed by atoms with Crippen LogP contribution in [0.5, 0.6) is 0 Å². The third-order valence-corrected chi connectivity index (χ3v) is 3.08. The molecular formula is C15H11F6N5O. The molecule has 1 aromatic carbocycles. The predicted molar refractivity (Wildman–Crippen MR) is 83.6 cm³/mol. The van der Waals surface area contributed by atoms with Gasteiger partial charge in [0.05, 0.1) is 11.1 Å². The van der Waals surface area contributed by atoms with Gasteiger partial charge in [-0.2, -0.15) is 31.4 Å². The van der Waals surface area contributed by atoms with E-state index >= 15 is 0 Å². The summed E-state index contributed by atoms with van der Waals surface area (Å²) < 4.78 is 75.2. The molecule has 0 atom stereocenters. The van der Waals surface area contributed by atoms with E-state index in [1.165, 1.54) is 6.07 Å². The highest BCUT2D eigenvalue weighted by molar-refractivity contribution is 5.97. The van der Waals surface area contributed by atoms with Crippen molar-refractivity contribution in [2.24, 2.45) is 10.8 Å². The van der Waals surface area contributed by atoms with Crippen molar-refractivity contribution in [3.05, 3.63) is 59.4 Å². The number of anilines is 1. The van der Waals surface area contributed by atoms with Crippen LogP contribution in [0.15, 0.2) is 47.7 Å². The van der Waals surface area contributed by atoms with Crippen molar-refractivity contribution in [3.8, 4) is 0 Å². The van der Waals surface area contributed by atoms with Crippen LogP contribution in [0, 0.1) is 0 Å². The summed E-state index contributed by atoms with van der Waals surface area (Å²) in [5.41, 5.74) is 5.16. The highest BCUT2D eigenvalue weighted by Crippen LogP contribution is 2.30. The van der Waals surface area contributed by atoms with Crippen LogP contribution in [0.2, 0.25) is 0 Å². The van der Waals surface area contributed by atoms with Gasteiger partial charge in [0.1, 0.15) is 5.69 Å². The topological polar surface area (TPSA) is 92.4 Å². The average Bonchev–Trinajstić information content (AvgIpc) is 2.58. The number of pyridine rings is 1. The molecule has 0 aliphatic carbocycles. The number of nitrogens with one attached hydrogen (secondary N) is 2. The zero-order chi connectivity index (χ0) is 20.2.